The minimum absolute atomic E-state index is 0.0230. The number of hydrogen-bond acceptors (Lipinski definition) is 6. The molecular formula is C31H31ClF2N4O5. The third-order valence-electron chi connectivity index (χ3n) is 8.03. The summed E-state index contributed by atoms with van der Waals surface area (Å²) in [5, 5.41) is 6.08. The van der Waals surface area contributed by atoms with Crippen molar-refractivity contribution < 1.29 is 27.9 Å². The number of hydrogen-bond donors (Lipinski definition) is 1. The summed E-state index contributed by atoms with van der Waals surface area (Å²) in [6.07, 6.45) is 1.87. The number of halogens is 3. The number of fused-ring (bicyclic) bond motifs is 4. The molecule has 3 aromatic rings. The highest BCUT2D eigenvalue weighted by atomic mass is 35.5. The van der Waals surface area contributed by atoms with Gasteiger partial charge in [0.05, 0.1) is 11.8 Å². The Hall–Kier alpha value is -4.25. The number of nitrogens with one attached hydrogen (secondary N) is 1. The lowest BCUT2D eigenvalue weighted by atomic mass is 9.92. The number of aromatic nitrogens is 1. The first-order valence-electron chi connectivity index (χ1n) is 13.9. The first kappa shape index (κ1) is 30.2. The standard InChI is InChI=1S/C31H31ClF2N4O5/c1-17-11-12-43-36-19(3)18(2)24-15-37(17)31(41)27-29(42-16-20-7-5-4-6-8-20)28(39)22(14-38(24)27)30(40)35-13-21-9-10-23(33)25(32)26(21)34/h4-10,14,17-18,24H,11-13,15-16H2,1-3H3,(H,35,40)/b36-19-/t17-,18-,24+/m0/s1. The van der Waals surface area contributed by atoms with Gasteiger partial charge in [-0.15, -0.1) is 0 Å². The van der Waals surface area contributed by atoms with Crippen molar-refractivity contribution in [3.63, 3.8) is 0 Å². The Balaban J connectivity index is 1.61. The van der Waals surface area contributed by atoms with Gasteiger partial charge in [0.25, 0.3) is 11.8 Å². The predicted molar refractivity (Wildman–Crippen MR) is 156 cm³/mol. The van der Waals surface area contributed by atoms with Gasteiger partial charge < -0.3 is 24.4 Å². The van der Waals surface area contributed by atoms with E-state index in [-0.39, 0.29) is 47.7 Å². The molecule has 3 atom stereocenters. The molecule has 0 saturated heterocycles. The van der Waals surface area contributed by atoms with Gasteiger partial charge in [0, 0.05) is 43.2 Å². The van der Waals surface area contributed by atoms with Crippen molar-refractivity contribution in [3.8, 4) is 5.75 Å². The maximum absolute atomic E-state index is 14.5. The summed E-state index contributed by atoms with van der Waals surface area (Å²) in [5.74, 6) is -3.68. The average Bonchev–Trinajstić information content (AvgIpc) is 3.00. The molecule has 43 heavy (non-hydrogen) atoms. The Morgan fingerprint density at radius 1 is 1.16 bits per heavy atom. The molecule has 226 valence electrons. The van der Waals surface area contributed by atoms with E-state index in [1.165, 1.54) is 6.20 Å². The molecule has 0 saturated carbocycles. The molecule has 12 heteroatoms. The number of oxime groups is 1. The molecule has 0 unspecified atom stereocenters. The Bertz CT molecular complexity index is 1650. The maximum Gasteiger partial charge on any atom is 0.274 e. The summed E-state index contributed by atoms with van der Waals surface area (Å²) in [6.45, 7) is 5.90. The lowest BCUT2D eigenvalue weighted by Gasteiger charge is -2.42. The molecule has 0 spiro atoms. The van der Waals surface area contributed by atoms with Crippen LogP contribution in [0.25, 0.3) is 0 Å². The molecule has 2 aliphatic rings. The van der Waals surface area contributed by atoms with E-state index in [1.807, 2.05) is 51.1 Å². The van der Waals surface area contributed by atoms with E-state index in [9.17, 15) is 23.2 Å². The predicted octanol–water partition coefficient (Wildman–Crippen LogP) is 5.11. The second kappa shape index (κ2) is 12.5. The Morgan fingerprint density at radius 2 is 1.91 bits per heavy atom. The number of nitrogens with zero attached hydrogens (tertiary/aromatic N) is 3. The lowest BCUT2D eigenvalue weighted by molar-refractivity contribution is 0.0462. The normalized spacial score (nSPS) is 21.3. The van der Waals surface area contributed by atoms with Crippen molar-refractivity contribution in [1.82, 2.24) is 14.8 Å². The fourth-order valence-corrected chi connectivity index (χ4v) is 5.44. The fourth-order valence-electron chi connectivity index (χ4n) is 5.25. The largest absolute Gasteiger partial charge is 0.483 e. The zero-order valence-corrected chi connectivity index (χ0v) is 24.7. The SMILES string of the molecule is C/C1=N/OCC[C@H](C)N2C[C@H]([C@H]1C)n1cc(C(=O)NCc3ccc(F)c(Cl)c3F)c(=O)c(OCc3ccccc3)c1C2=O. The van der Waals surface area contributed by atoms with Crippen LogP contribution in [0.5, 0.6) is 5.75 Å². The number of pyridine rings is 1. The highest BCUT2D eigenvalue weighted by molar-refractivity contribution is 6.31. The van der Waals surface area contributed by atoms with E-state index in [0.29, 0.717) is 25.3 Å². The van der Waals surface area contributed by atoms with E-state index >= 15 is 0 Å². The van der Waals surface area contributed by atoms with Crippen LogP contribution < -0.4 is 15.5 Å². The Kier molecular flexibility index (Phi) is 8.82. The molecule has 2 bridgehead atoms. The van der Waals surface area contributed by atoms with Crippen molar-refractivity contribution in [2.45, 2.75) is 52.4 Å². The summed E-state index contributed by atoms with van der Waals surface area (Å²) in [5.41, 5.74) is 0.327. The van der Waals surface area contributed by atoms with Gasteiger partial charge in [-0.25, -0.2) is 8.78 Å². The third kappa shape index (κ3) is 5.99. The quantitative estimate of drug-likeness (QED) is 0.390. The first-order chi connectivity index (χ1) is 20.6. The molecule has 5 rings (SSSR count). The van der Waals surface area contributed by atoms with E-state index in [1.54, 1.807) is 9.47 Å². The van der Waals surface area contributed by atoms with Crippen molar-refractivity contribution in [2.24, 2.45) is 11.1 Å². The van der Waals surface area contributed by atoms with Crippen LogP contribution in [0.3, 0.4) is 0 Å². The van der Waals surface area contributed by atoms with Gasteiger partial charge in [-0.1, -0.05) is 60.1 Å². The van der Waals surface area contributed by atoms with Gasteiger partial charge in [-0.2, -0.15) is 0 Å². The van der Waals surface area contributed by atoms with Crippen LogP contribution in [0.4, 0.5) is 8.78 Å². The summed E-state index contributed by atoms with van der Waals surface area (Å²) in [7, 11) is 0. The molecule has 0 fully saturated rings. The Labute approximate surface area is 252 Å². The smallest absolute Gasteiger partial charge is 0.274 e. The summed E-state index contributed by atoms with van der Waals surface area (Å²) < 4.78 is 35.8. The van der Waals surface area contributed by atoms with E-state index in [2.05, 4.69) is 10.5 Å². The maximum atomic E-state index is 14.5. The van der Waals surface area contributed by atoms with Crippen LogP contribution in [0.1, 0.15) is 65.2 Å². The average molecular weight is 613 g/mol. The van der Waals surface area contributed by atoms with Gasteiger partial charge in [-0.05, 0) is 25.5 Å². The Morgan fingerprint density at radius 3 is 2.65 bits per heavy atom. The molecular weight excluding hydrogens is 582 g/mol. The number of ether oxygens (including phenoxy) is 1. The minimum Gasteiger partial charge on any atom is -0.483 e. The van der Waals surface area contributed by atoms with Gasteiger partial charge in [0.1, 0.15) is 35.4 Å². The third-order valence-corrected chi connectivity index (χ3v) is 8.37. The second-order valence-electron chi connectivity index (χ2n) is 10.8. The van der Waals surface area contributed by atoms with Crippen molar-refractivity contribution in [1.29, 1.82) is 0 Å². The molecule has 1 aromatic heterocycles. The zero-order valence-electron chi connectivity index (χ0n) is 23.9. The molecule has 2 amide bonds. The van der Waals surface area contributed by atoms with E-state index in [0.717, 1.165) is 17.7 Å². The van der Waals surface area contributed by atoms with Gasteiger partial charge >= 0.3 is 0 Å². The molecule has 9 nitrogen and oxygen atoms in total. The molecule has 0 radical (unpaired) electrons. The van der Waals surface area contributed by atoms with E-state index < -0.39 is 39.9 Å². The van der Waals surface area contributed by atoms with Crippen LogP contribution in [0.2, 0.25) is 5.02 Å². The second-order valence-corrected chi connectivity index (χ2v) is 11.1. The van der Waals surface area contributed by atoms with Crippen LogP contribution in [-0.2, 0) is 18.0 Å². The van der Waals surface area contributed by atoms with Crippen molar-refractivity contribution in [3.05, 3.63) is 97.9 Å². The lowest BCUT2D eigenvalue weighted by Crippen LogP contribution is -2.51. The molecule has 2 aromatic carbocycles. The van der Waals surface area contributed by atoms with Crippen LogP contribution in [0, 0.1) is 17.6 Å². The van der Waals surface area contributed by atoms with Crippen molar-refractivity contribution >= 4 is 29.1 Å². The van der Waals surface area contributed by atoms with Gasteiger partial charge in [0.15, 0.2) is 11.4 Å². The van der Waals surface area contributed by atoms with Gasteiger partial charge in [0.2, 0.25) is 5.43 Å². The molecule has 3 heterocycles. The van der Waals surface area contributed by atoms with E-state index in [4.69, 9.17) is 21.2 Å². The highest BCUT2D eigenvalue weighted by Gasteiger charge is 2.41. The molecule has 0 aliphatic carbocycles. The fraction of sp³-hybridized carbons (Fsp3) is 0.355. The molecule has 1 N–H and O–H groups in total. The summed E-state index contributed by atoms with van der Waals surface area (Å²) in [4.78, 5) is 48.5. The topological polar surface area (TPSA) is 102 Å². The van der Waals surface area contributed by atoms with Crippen LogP contribution >= 0.6 is 11.6 Å². The molecule has 2 aliphatic heterocycles. The number of amides is 2. The number of carbonyl (C=O) groups is 2. The van der Waals surface area contributed by atoms with Crippen LogP contribution in [-0.4, -0.2) is 46.2 Å². The monoisotopic (exact) mass is 612 g/mol. The highest BCUT2D eigenvalue weighted by Crippen LogP contribution is 2.34. The summed E-state index contributed by atoms with van der Waals surface area (Å²) in [6, 6.07) is 10.6. The number of benzene rings is 2. The minimum atomic E-state index is -1.01. The summed E-state index contributed by atoms with van der Waals surface area (Å²) >= 11 is 5.68. The van der Waals surface area contributed by atoms with Crippen molar-refractivity contribution in [2.75, 3.05) is 13.2 Å². The zero-order chi connectivity index (χ0) is 30.8. The van der Waals surface area contributed by atoms with Gasteiger partial charge in [-0.3, -0.25) is 14.4 Å². The van der Waals surface area contributed by atoms with Crippen LogP contribution in [0.15, 0.2) is 58.6 Å². The first-order valence-corrected chi connectivity index (χ1v) is 14.3. The number of rotatable bonds is 6. The number of carbonyl (C=O) groups excluding carboxylic acids is 2.